The van der Waals surface area contributed by atoms with Gasteiger partial charge in [-0.2, -0.15) is 0 Å². The van der Waals surface area contributed by atoms with E-state index in [2.05, 4.69) is 38.3 Å². The number of unbranched alkanes of at least 4 members (excludes halogenated alkanes) is 2. The molecule has 0 heterocycles. The van der Waals surface area contributed by atoms with Crippen molar-refractivity contribution in [3.63, 3.8) is 0 Å². The van der Waals surface area contributed by atoms with Crippen LogP contribution in [0.3, 0.4) is 0 Å². The summed E-state index contributed by atoms with van der Waals surface area (Å²) < 4.78 is 0. The van der Waals surface area contributed by atoms with Crippen LogP contribution >= 0.6 is 0 Å². The first-order chi connectivity index (χ1) is 6.85. The Bertz CT molecular complexity index is 165. The van der Waals surface area contributed by atoms with Crippen LogP contribution in [0.25, 0.3) is 0 Å². The third kappa shape index (κ3) is 7.85. The summed E-state index contributed by atoms with van der Waals surface area (Å²) in [5.74, 6) is 0.729. The van der Waals surface area contributed by atoms with Crippen LogP contribution < -0.4 is 0 Å². The molecule has 0 fully saturated rings. The molecule has 0 aliphatic heterocycles. The van der Waals surface area contributed by atoms with Crippen molar-refractivity contribution >= 4 is 0 Å². The fraction of sp³-hybridized carbons (Fsp3) is 0.571. The highest BCUT2D eigenvalue weighted by atomic mass is 14.0. The summed E-state index contributed by atoms with van der Waals surface area (Å²) >= 11 is 0. The summed E-state index contributed by atoms with van der Waals surface area (Å²) in [5.41, 5.74) is 0. The Kier molecular flexibility index (Phi) is 9.73. The third-order valence-corrected chi connectivity index (χ3v) is 2.52. The fourth-order valence-corrected chi connectivity index (χ4v) is 1.47. The van der Waals surface area contributed by atoms with Gasteiger partial charge in [0.25, 0.3) is 0 Å². The van der Waals surface area contributed by atoms with E-state index >= 15 is 0 Å². The number of hydrogen-bond donors (Lipinski definition) is 0. The zero-order chi connectivity index (χ0) is 10.6. The van der Waals surface area contributed by atoms with Crippen molar-refractivity contribution in [3.8, 4) is 0 Å². The van der Waals surface area contributed by atoms with Crippen molar-refractivity contribution in [1.29, 1.82) is 0 Å². The second-order valence-corrected chi connectivity index (χ2v) is 3.68. The van der Waals surface area contributed by atoms with Crippen LogP contribution in [0.1, 0.15) is 45.4 Å². The van der Waals surface area contributed by atoms with E-state index in [0.29, 0.717) is 0 Å². The molecule has 0 bridgehead atoms. The quantitative estimate of drug-likeness (QED) is 0.360. The molecule has 0 heteroatoms. The second-order valence-electron chi connectivity index (χ2n) is 3.68. The molecule has 1 unspecified atom stereocenters. The lowest BCUT2D eigenvalue weighted by atomic mass is 9.99. The standard InChI is InChI=1S/C14H24/c1-4-7-8-9-10-11-12-13-14(5-2)6-3/h4-5,8-9,14H,1-2,6-7,10-13H2,3H3. The molecule has 0 aromatic heterocycles. The molecule has 14 heavy (non-hydrogen) atoms. The molecule has 0 N–H and O–H groups in total. The van der Waals surface area contributed by atoms with E-state index in [1.807, 2.05) is 6.08 Å². The topological polar surface area (TPSA) is 0 Å². The lowest BCUT2D eigenvalue weighted by Crippen LogP contribution is -1.92. The molecule has 0 radical (unpaired) electrons. The predicted molar refractivity (Wildman–Crippen MR) is 66.4 cm³/mol. The van der Waals surface area contributed by atoms with Crippen molar-refractivity contribution in [2.45, 2.75) is 45.4 Å². The van der Waals surface area contributed by atoms with Crippen LogP contribution in [-0.4, -0.2) is 0 Å². The molecular formula is C14H24. The van der Waals surface area contributed by atoms with Crippen molar-refractivity contribution in [3.05, 3.63) is 37.5 Å². The van der Waals surface area contributed by atoms with Gasteiger partial charge in [0.2, 0.25) is 0 Å². The summed E-state index contributed by atoms with van der Waals surface area (Å²) in [4.78, 5) is 0. The summed E-state index contributed by atoms with van der Waals surface area (Å²) in [5, 5.41) is 0. The van der Waals surface area contributed by atoms with E-state index in [4.69, 9.17) is 0 Å². The average Bonchev–Trinajstić information content (AvgIpc) is 2.22. The molecule has 0 aliphatic carbocycles. The highest BCUT2D eigenvalue weighted by molar-refractivity contribution is 4.88. The molecule has 0 aromatic carbocycles. The molecule has 1 atom stereocenters. The van der Waals surface area contributed by atoms with Crippen LogP contribution in [0.15, 0.2) is 37.5 Å². The summed E-state index contributed by atoms with van der Waals surface area (Å²) in [6.07, 6.45) is 15.8. The minimum atomic E-state index is 0.729. The first kappa shape index (κ1) is 13.2. The largest absolute Gasteiger partial charge is 0.103 e. The number of rotatable bonds is 9. The minimum absolute atomic E-state index is 0.729. The van der Waals surface area contributed by atoms with Crippen LogP contribution in [0.2, 0.25) is 0 Å². The Hall–Kier alpha value is -0.780. The fourth-order valence-electron chi connectivity index (χ4n) is 1.47. The summed E-state index contributed by atoms with van der Waals surface area (Å²) in [7, 11) is 0. The van der Waals surface area contributed by atoms with Crippen LogP contribution in [-0.2, 0) is 0 Å². The zero-order valence-corrected chi connectivity index (χ0v) is 9.54. The molecule has 0 amide bonds. The molecule has 0 spiro atoms. The second kappa shape index (κ2) is 10.3. The van der Waals surface area contributed by atoms with Gasteiger partial charge in [0.1, 0.15) is 0 Å². The van der Waals surface area contributed by atoms with Gasteiger partial charge in [0.05, 0.1) is 0 Å². The van der Waals surface area contributed by atoms with Gasteiger partial charge in [-0.05, 0) is 38.0 Å². The van der Waals surface area contributed by atoms with E-state index in [1.165, 1.54) is 32.1 Å². The van der Waals surface area contributed by atoms with Gasteiger partial charge in [0, 0.05) is 0 Å². The third-order valence-electron chi connectivity index (χ3n) is 2.52. The highest BCUT2D eigenvalue weighted by Crippen LogP contribution is 2.14. The molecule has 80 valence electrons. The van der Waals surface area contributed by atoms with Crippen molar-refractivity contribution in [2.24, 2.45) is 5.92 Å². The Morgan fingerprint density at radius 1 is 1.14 bits per heavy atom. The molecule has 0 nitrogen and oxygen atoms in total. The molecule has 0 saturated carbocycles. The smallest absolute Gasteiger partial charge is 0.0172 e. The zero-order valence-electron chi connectivity index (χ0n) is 9.54. The van der Waals surface area contributed by atoms with E-state index in [9.17, 15) is 0 Å². The summed E-state index contributed by atoms with van der Waals surface area (Å²) in [6, 6.07) is 0. The van der Waals surface area contributed by atoms with Gasteiger partial charge in [-0.25, -0.2) is 0 Å². The van der Waals surface area contributed by atoms with Gasteiger partial charge in [-0.1, -0.05) is 37.6 Å². The van der Waals surface area contributed by atoms with Crippen molar-refractivity contribution < 1.29 is 0 Å². The molecule has 0 saturated heterocycles. The number of allylic oxidation sites excluding steroid dienone is 4. The van der Waals surface area contributed by atoms with Crippen LogP contribution in [0.4, 0.5) is 0 Å². The van der Waals surface area contributed by atoms with E-state index in [1.54, 1.807) is 0 Å². The molecular weight excluding hydrogens is 168 g/mol. The van der Waals surface area contributed by atoms with Crippen LogP contribution in [0, 0.1) is 5.92 Å². The van der Waals surface area contributed by atoms with E-state index in [-0.39, 0.29) is 0 Å². The van der Waals surface area contributed by atoms with Gasteiger partial charge >= 0.3 is 0 Å². The lowest BCUT2D eigenvalue weighted by molar-refractivity contribution is 0.533. The van der Waals surface area contributed by atoms with Gasteiger partial charge in [0.15, 0.2) is 0 Å². The van der Waals surface area contributed by atoms with Gasteiger partial charge < -0.3 is 0 Å². The average molecular weight is 192 g/mol. The van der Waals surface area contributed by atoms with Gasteiger partial charge in [-0.15, -0.1) is 13.2 Å². The Morgan fingerprint density at radius 3 is 2.50 bits per heavy atom. The van der Waals surface area contributed by atoms with E-state index < -0.39 is 0 Å². The van der Waals surface area contributed by atoms with Gasteiger partial charge in [-0.3, -0.25) is 0 Å². The first-order valence-electron chi connectivity index (χ1n) is 5.73. The Balaban J connectivity index is 3.27. The minimum Gasteiger partial charge on any atom is -0.103 e. The van der Waals surface area contributed by atoms with Crippen LogP contribution in [0.5, 0.6) is 0 Å². The summed E-state index contributed by atoms with van der Waals surface area (Å²) in [6.45, 7) is 9.76. The highest BCUT2D eigenvalue weighted by Gasteiger charge is 1.98. The number of hydrogen-bond acceptors (Lipinski definition) is 0. The SMILES string of the molecule is C=CCC=CCCCCC(C=C)CC. The molecule has 0 rings (SSSR count). The Labute approximate surface area is 89.4 Å². The Morgan fingerprint density at radius 2 is 1.93 bits per heavy atom. The molecule has 0 aliphatic rings. The lowest BCUT2D eigenvalue weighted by Gasteiger charge is -2.07. The monoisotopic (exact) mass is 192 g/mol. The van der Waals surface area contributed by atoms with Crippen molar-refractivity contribution in [1.82, 2.24) is 0 Å². The van der Waals surface area contributed by atoms with Crippen molar-refractivity contribution in [2.75, 3.05) is 0 Å². The first-order valence-corrected chi connectivity index (χ1v) is 5.73. The maximum Gasteiger partial charge on any atom is -0.0172 e. The maximum atomic E-state index is 3.85. The predicted octanol–water partition coefficient (Wildman–Crippen LogP) is 4.89. The maximum absolute atomic E-state index is 3.85. The normalized spacial score (nSPS) is 12.9. The molecule has 0 aromatic rings. The van der Waals surface area contributed by atoms with E-state index in [0.717, 1.165) is 12.3 Å².